The van der Waals surface area contributed by atoms with Crippen molar-refractivity contribution in [2.75, 3.05) is 24.5 Å². The highest BCUT2D eigenvalue weighted by atomic mass is 32.2. The van der Waals surface area contributed by atoms with Crippen LogP contribution in [0, 0.1) is 6.92 Å². The van der Waals surface area contributed by atoms with Crippen molar-refractivity contribution in [2.45, 2.75) is 56.3 Å². The van der Waals surface area contributed by atoms with Gasteiger partial charge >= 0.3 is 0 Å². The van der Waals surface area contributed by atoms with Crippen molar-refractivity contribution in [3.05, 3.63) is 46.8 Å². The maximum absolute atomic E-state index is 13.8. The van der Waals surface area contributed by atoms with E-state index in [1.165, 1.54) is 0 Å². The Hall–Kier alpha value is -2.78. The average Bonchev–Trinajstić information content (AvgIpc) is 3.55. The molecule has 0 atom stereocenters. The molecule has 2 aromatic heterocycles. The highest BCUT2D eigenvalue weighted by molar-refractivity contribution is 7.89. The molecule has 9 heteroatoms. The molecule has 2 fully saturated rings. The van der Waals surface area contributed by atoms with Crippen molar-refractivity contribution in [3.8, 4) is 0 Å². The van der Waals surface area contributed by atoms with Gasteiger partial charge in [-0.3, -0.25) is 9.48 Å². The summed E-state index contributed by atoms with van der Waals surface area (Å²) >= 11 is 0. The molecule has 1 aromatic carbocycles. The molecule has 2 aliphatic heterocycles. The van der Waals surface area contributed by atoms with E-state index < -0.39 is 10.0 Å². The van der Waals surface area contributed by atoms with Gasteiger partial charge in [0.15, 0.2) is 5.65 Å². The lowest BCUT2D eigenvalue weighted by Crippen LogP contribution is -2.35. The Balaban J connectivity index is 1.37. The highest BCUT2D eigenvalue weighted by Gasteiger charge is 2.33. The van der Waals surface area contributed by atoms with Crippen LogP contribution in [0.2, 0.25) is 0 Å². The van der Waals surface area contributed by atoms with Gasteiger partial charge in [-0.25, -0.2) is 13.4 Å². The first-order valence-corrected chi connectivity index (χ1v) is 13.6. The van der Waals surface area contributed by atoms with E-state index in [0.29, 0.717) is 42.4 Å². The fourth-order valence-electron chi connectivity index (χ4n) is 5.37. The van der Waals surface area contributed by atoms with Crippen LogP contribution < -0.4 is 4.90 Å². The van der Waals surface area contributed by atoms with Gasteiger partial charge in [-0.1, -0.05) is 6.42 Å². The molecule has 34 heavy (non-hydrogen) atoms. The molecule has 178 valence electrons. The summed E-state index contributed by atoms with van der Waals surface area (Å²) in [7, 11) is -1.64. The smallest absolute Gasteiger partial charge is 0.259 e. The molecule has 1 saturated carbocycles. The number of rotatable bonds is 4. The number of hydrogen-bond donors (Lipinski definition) is 0. The number of amides is 1. The highest BCUT2D eigenvalue weighted by Crippen LogP contribution is 2.41. The molecular weight excluding hydrogens is 450 g/mol. The van der Waals surface area contributed by atoms with Gasteiger partial charge in [0.25, 0.3) is 5.91 Å². The summed E-state index contributed by atoms with van der Waals surface area (Å²) in [4.78, 5) is 20.8. The van der Waals surface area contributed by atoms with Gasteiger partial charge in [0, 0.05) is 44.0 Å². The number of anilines is 1. The first-order valence-electron chi connectivity index (χ1n) is 12.1. The number of benzene rings is 1. The lowest BCUT2D eigenvalue weighted by Gasteiger charge is -2.26. The number of piperidine rings is 1. The zero-order chi connectivity index (χ0) is 23.6. The van der Waals surface area contributed by atoms with Crippen molar-refractivity contribution >= 4 is 32.7 Å². The number of sulfonamides is 1. The van der Waals surface area contributed by atoms with Crippen LogP contribution in [-0.4, -0.2) is 53.0 Å². The molecule has 0 unspecified atom stereocenters. The van der Waals surface area contributed by atoms with Gasteiger partial charge < -0.3 is 4.90 Å². The molecule has 8 nitrogen and oxygen atoms in total. The number of hydrogen-bond acceptors (Lipinski definition) is 5. The fraction of sp³-hybridized carbons (Fsp3) is 0.480. The standard InChI is InChI=1S/C25H29N5O3S/c1-16-23-20(15-21(17-6-7-17)26-24(23)28(2)27-16)25(31)30-13-10-18-14-19(8-9-22(18)30)34(32,33)29-11-4-3-5-12-29/h8-9,14-15,17H,3-7,10-13H2,1-2H3. The van der Waals surface area contributed by atoms with Crippen LogP contribution >= 0.6 is 0 Å². The predicted octanol–water partition coefficient (Wildman–Crippen LogP) is 3.53. The van der Waals surface area contributed by atoms with Crippen molar-refractivity contribution in [1.82, 2.24) is 19.1 Å². The minimum Gasteiger partial charge on any atom is -0.308 e. The van der Waals surface area contributed by atoms with E-state index >= 15 is 0 Å². The topological polar surface area (TPSA) is 88.4 Å². The van der Waals surface area contributed by atoms with E-state index in [-0.39, 0.29) is 5.91 Å². The summed E-state index contributed by atoms with van der Waals surface area (Å²) in [6, 6.07) is 7.17. The maximum atomic E-state index is 13.8. The molecule has 0 bridgehead atoms. The average molecular weight is 480 g/mol. The summed E-state index contributed by atoms with van der Waals surface area (Å²) in [6.07, 6.45) is 5.73. The molecule has 1 aliphatic carbocycles. The second-order valence-corrected chi connectivity index (χ2v) is 11.7. The maximum Gasteiger partial charge on any atom is 0.259 e. The molecule has 1 amide bonds. The number of pyridine rings is 1. The van der Waals surface area contributed by atoms with Crippen LogP contribution in [0.25, 0.3) is 11.0 Å². The van der Waals surface area contributed by atoms with Crippen LogP contribution in [0.5, 0.6) is 0 Å². The number of carbonyl (C=O) groups excluding carboxylic acids is 1. The Morgan fingerprint density at radius 3 is 2.56 bits per heavy atom. The Bertz CT molecular complexity index is 1420. The van der Waals surface area contributed by atoms with Gasteiger partial charge in [0.1, 0.15) is 0 Å². The van der Waals surface area contributed by atoms with Crippen molar-refractivity contribution < 1.29 is 13.2 Å². The zero-order valence-corrected chi connectivity index (χ0v) is 20.4. The Labute approximate surface area is 199 Å². The summed E-state index contributed by atoms with van der Waals surface area (Å²) < 4.78 is 29.6. The lowest BCUT2D eigenvalue weighted by atomic mass is 10.1. The number of aryl methyl sites for hydroxylation is 2. The predicted molar refractivity (Wildman–Crippen MR) is 130 cm³/mol. The molecule has 3 aromatic rings. The van der Waals surface area contributed by atoms with Crippen molar-refractivity contribution in [3.63, 3.8) is 0 Å². The number of nitrogens with zero attached hydrogens (tertiary/aromatic N) is 5. The largest absolute Gasteiger partial charge is 0.308 e. The number of fused-ring (bicyclic) bond motifs is 2. The van der Waals surface area contributed by atoms with Crippen LogP contribution in [0.3, 0.4) is 0 Å². The molecule has 0 radical (unpaired) electrons. The number of aromatic nitrogens is 3. The SMILES string of the molecule is Cc1nn(C)c2nc(C3CC3)cc(C(=O)N3CCc4cc(S(=O)(=O)N5CCCCC5)ccc43)c12. The third-order valence-electron chi connectivity index (χ3n) is 7.36. The Morgan fingerprint density at radius 2 is 1.82 bits per heavy atom. The molecule has 6 rings (SSSR count). The summed E-state index contributed by atoms with van der Waals surface area (Å²) in [5.74, 6) is 0.343. The van der Waals surface area contributed by atoms with Crippen LogP contribution in [-0.2, 0) is 23.5 Å². The minimum atomic E-state index is -3.50. The third kappa shape index (κ3) is 3.44. The second kappa shape index (κ2) is 7.88. The molecular formula is C25H29N5O3S. The van der Waals surface area contributed by atoms with Crippen LogP contribution in [0.15, 0.2) is 29.2 Å². The fourth-order valence-corrected chi connectivity index (χ4v) is 6.94. The number of carbonyl (C=O) groups is 1. The third-order valence-corrected chi connectivity index (χ3v) is 9.25. The molecule has 4 heterocycles. The second-order valence-electron chi connectivity index (χ2n) is 9.74. The van der Waals surface area contributed by atoms with Gasteiger partial charge in [0.2, 0.25) is 10.0 Å². The van der Waals surface area contributed by atoms with Gasteiger partial charge in [-0.05, 0) is 68.9 Å². The Kier molecular flexibility index (Phi) is 5.04. The molecule has 0 spiro atoms. The lowest BCUT2D eigenvalue weighted by molar-refractivity contribution is 0.0990. The quantitative estimate of drug-likeness (QED) is 0.571. The van der Waals surface area contributed by atoms with E-state index in [1.807, 2.05) is 20.0 Å². The first kappa shape index (κ1) is 21.7. The summed E-state index contributed by atoms with van der Waals surface area (Å²) in [5.41, 5.74) is 4.83. The van der Waals surface area contributed by atoms with Gasteiger partial charge in [-0.2, -0.15) is 9.40 Å². The molecule has 0 N–H and O–H groups in total. The van der Waals surface area contributed by atoms with E-state index in [2.05, 4.69) is 5.10 Å². The van der Waals surface area contributed by atoms with E-state index in [1.54, 1.807) is 32.1 Å². The van der Waals surface area contributed by atoms with E-state index in [9.17, 15) is 13.2 Å². The van der Waals surface area contributed by atoms with E-state index in [4.69, 9.17) is 4.98 Å². The van der Waals surface area contributed by atoms with Crippen molar-refractivity contribution in [1.29, 1.82) is 0 Å². The summed E-state index contributed by atoms with van der Waals surface area (Å²) in [5, 5.41) is 5.32. The van der Waals surface area contributed by atoms with Gasteiger partial charge in [-0.15, -0.1) is 0 Å². The first-order chi connectivity index (χ1) is 16.3. The molecule has 3 aliphatic rings. The zero-order valence-electron chi connectivity index (χ0n) is 19.6. The minimum absolute atomic E-state index is 0.0733. The van der Waals surface area contributed by atoms with Crippen molar-refractivity contribution in [2.24, 2.45) is 7.05 Å². The van der Waals surface area contributed by atoms with Crippen LogP contribution in [0.1, 0.15) is 65.3 Å². The molecule has 1 saturated heterocycles. The van der Waals surface area contributed by atoms with E-state index in [0.717, 1.165) is 65.8 Å². The van der Waals surface area contributed by atoms with Crippen LogP contribution in [0.4, 0.5) is 5.69 Å². The summed E-state index contributed by atoms with van der Waals surface area (Å²) in [6.45, 7) is 3.60. The normalized spacial score (nSPS) is 19.1. The monoisotopic (exact) mass is 479 g/mol. The Morgan fingerprint density at radius 1 is 1.06 bits per heavy atom. The van der Waals surface area contributed by atoms with Gasteiger partial charge in [0.05, 0.1) is 21.5 Å².